The highest BCUT2D eigenvalue weighted by molar-refractivity contribution is 6.12. The number of ether oxygens (including phenoxy) is 2. The van der Waals surface area contributed by atoms with Crippen LogP contribution in [0.25, 0.3) is 22.3 Å². The number of hydrogen-bond acceptors (Lipinski definition) is 6. The number of hydrogen-bond donors (Lipinski definition) is 2. The lowest BCUT2D eigenvalue weighted by molar-refractivity contribution is -0.114. The van der Waals surface area contributed by atoms with E-state index in [1.807, 2.05) is 32.0 Å². The lowest BCUT2D eigenvalue weighted by Gasteiger charge is -2.19. The fourth-order valence-corrected chi connectivity index (χ4v) is 4.02. The predicted molar refractivity (Wildman–Crippen MR) is 133 cm³/mol. The van der Waals surface area contributed by atoms with E-state index in [1.165, 1.54) is 25.1 Å². The van der Waals surface area contributed by atoms with Gasteiger partial charge in [0.15, 0.2) is 17.1 Å². The van der Waals surface area contributed by atoms with Crippen LogP contribution in [0.1, 0.15) is 37.2 Å². The number of amides is 2. The molecule has 0 atom stereocenters. The van der Waals surface area contributed by atoms with Gasteiger partial charge in [-0.2, -0.15) is 5.10 Å². The average Bonchev–Trinajstić information content (AvgIpc) is 3.29. The SMILES string of the molecule is CC(=O)Nc1cc(NC(=O)c2cc(-c3ccc4c(c3)OCCO4)nc3c2cnn3C(C)C)ccc1F. The Kier molecular flexibility index (Phi) is 6.01. The second kappa shape index (κ2) is 9.29. The summed E-state index contributed by atoms with van der Waals surface area (Å²) in [6.07, 6.45) is 1.61. The monoisotopic (exact) mass is 489 g/mol. The first-order valence-corrected chi connectivity index (χ1v) is 11.5. The first-order valence-electron chi connectivity index (χ1n) is 11.5. The van der Waals surface area contributed by atoms with E-state index in [0.717, 1.165) is 5.56 Å². The molecule has 3 heterocycles. The summed E-state index contributed by atoms with van der Waals surface area (Å²) in [4.78, 5) is 29.6. The van der Waals surface area contributed by atoms with Crippen molar-refractivity contribution in [1.82, 2.24) is 14.8 Å². The molecule has 4 aromatic rings. The Morgan fingerprint density at radius 3 is 2.56 bits per heavy atom. The van der Waals surface area contributed by atoms with Gasteiger partial charge in [0, 0.05) is 24.2 Å². The van der Waals surface area contributed by atoms with Crippen molar-refractivity contribution in [2.45, 2.75) is 26.8 Å². The molecule has 2 amide bonds. The minimum Gasteiger partial charge on any atom is -0.486 e. The van der Waals surface area contributed by atoms with Crippen LogP contribution < -0.4 is 20.1 Å². The zero-order chi connectivity index (χ0) is 25.4. The molecular formula is C26H24FN5O4. The third-order valence-electron chi connectivity index (χ3n) is 5.67. The van der Waals surface area contributed by atoms with Crippen molar-refractivity contribution in [2.24, 2.45) is 0 Å². The van der Waals surface area contributed by atoms with Crippen LogP contribution in [-0.2, 0) is 4.79 Å². The number of anilines is 2. The van der Waals surface area contributed by atoms with Crippen LogP contribution in [0.15, 0.2) is 48.7 Å². The van der Waals surface area contributed by atoms with Crippen molar-refractivity contribution in [3.63, 3.8) is 0 Å². The molecule has 0 aliphatic carbocycles. The second-order valence-corrected chi connectivity index (χ2v) is 8.66. The summed E-state index contributed by atoms with van der Waals surface area (Å²) in [6, 6.07) is 11.2. The summed E-state index contributed by atoms with van der Waals surface area (Å²) < 4.78 is 27.2. The summed E-state index contributed by atoms with van der Waals surface area (Å²) >= 11 is 0. The molecule has 2 aromatic heterocycles. The van der Waals surface area contributed by atoms with E-state index in [-0.39, 0.29) is 11.7 Å². The zero-order valence-corrected chi connectivity index (χ0v) is 20.0. The topological polar surface area (TPSA) is 107 Å². The van der Waals surface area contributed by atoms with Crippen LogP contribution in [0, 0.1) is 5.82 Å². The first-order chi connectivity index (χ1) is 17.3. The molecule has 9 nitrogen and oxygen atoms in total. The van der Waals surface area contributed by atoms with Crippen molar-refractivity contribution >= 4 is 34.2 Å². The minimum atomic E-state index is -0.603. The van der Waals surface area contributed by atoms with Crippen molar-refractivity contribution < 1.29 is 23.5 Å². The highest BCUT2D eigenvalue weighted by atomic mass is 19.1. The van der Waals surface area contributed by atoms with Crippen molar-refractivity contribution in [3.05, 3.63) is 60.0 Å². The average molecular weight is 490 g/mol. The van der Waals surface area contributed by atoms with Crippen LogP contribution in [-0.4, -0.2) is 39.8 Å². The van der Waals surface area contributed by atoms with Crippen molar-refractivity contribution in [1.29, 1.82) is 0 Å². The molecule has 0 radical (unpaired) electrons. The highest BCUT2D eigenvalue weighted by Gasteiger charge is 2.20. The molecule has 0 fully saturated rings. The Balaban J connectivity index is 1.57. The van der Waals surface area contributed by atoms with Gasteiger partial charge < -0.3 is 20.1 Å². The molecule has 0 saturated carbocycles. The second-order valence-electron chi connectivity index (χ2n) is 8.66. The fourth-order valence-electron chi connectivity index (χ4n) is 4.02. The molecular weight excluding hydrogens is 465 g/mol. The fraction of sp³-hybridized carbons (Fsp3) is 0.231. The van der Waals surface area contributed by atoms with Crippen LogP contribution in [0.4, 0.5) is 15.8 Å². The molecule has 184 valence electrons. The summed E-state index contributed by atoms with van der Waals surface area (Å²) in [5.74, 6) is -0.180. The molecule has 1 aliphatic rings. The van der Waals surface area contributed by atoms with Crippen LogP contribution in [0.3, 0.4) is 0 Å². The minimum absolute atomic E-state index is 0.0127. The number of carbonyl (C=O) groups is 2. The Bertz CT molecular complexity index is 1500. The summed E-state index contributed by atoms with van der Waals surface area (Å²) in [7, 11) is 0. The quantitative estimate of drug-likeness (QED) is 0.417. The van der Waals surface area contributed by atoms with Crippen molar-refractivity contribution in [2.75, 3.05) is 23.8 Å². The predicted octanol–water partition coefficient (Wildman–Crippen LogP) is 4.80. The van der Waals surface area contributed by atoms with Gasteiger partial charge in [0.25, 0.3) is 5.91 Å². The number of rotatable bonds is 5. The van der Waals surface area contributed by atoms with Gasteiger partial charge >= 0.3 is 0 Å². The van der Waals surface area contributed by atoms with Gasteiger partial charge in [-0.15, -0.1) is 0 Å². The van der Waals surface area contributed by atoms with Crippen LogP contribution in [0.5, 0.6) is 11.5 Å². The Labute approximate surface area is 206 Å². The molecule has 10 heteroatoms. The summed E-state index contributed by atoms with van der Waals surface area (Å²) in [5.41, 5.74) is 2.52. The van der Waals surface area contributed by atoms with Crippen LogP contribution >= 0.6 is 0 Å². The first kappa shape index (κ1) is 23.3. The molecule has 1 aliphatic heterocycles. The normalized spacial score (nSPS) is 12.6. The maximum atomic E-state index is 14.1. The molecule has 0 spiro atoms. The molecule has 0 bridgehead atoms. The highest BCUT2D eigenvalue weighted by Crippen LogP contribution is 2.35. The van der Waals surface area contributed by atoms with E-state index in [0.29, 0.717) is 52.7 Å². The standard InChI is InChI=1S/C26H24FN5O4/c1-14(2)32-25-19(13-28-32)18(26(34)30-17-5-6-20(27)22(11-17)29-15(3)33)12-21(31-25)16-4-7-23-24(10-16)36-9-8-35-23/h4-7,10-14H,8-9H2,1-3H3,(H,29,33)(H,30,34). The van der Waals surface area contributed by atoms with Gasteiger partial charge in [-0.05, 0) is 56.3 Å². The van der Waals surface area contributed by atoms with Gasteiger partial charge in [-0.25, -0.2) is 14.1 Å². The summed E-state index contributed by atoms with van der Waals surface area (Å²) in [6.45, 7) is 6.18. The maximum absolute atomic E-state index is 14.1. The molecule has 2 aromatic carbocycles. The van der Waals surface area contributed by atoms with Gasteiger partial charge in [0.05, 0.1) is 28.5 Å². The summed E-state index contributed by atoms with van der Waals surface area (Å²) in [5, 5.41) is 10.2. The Morgan fingerprint density at radius 1 is 1.03 bits per heavy atom. The third kappa shape index (κ3) is 4.45. The molecule has 2 N–H and O–H groups in total. The molecule has 0 saturated heterocycles. The third-order valence-corrected chi connectivity index (χ3v) is 5.67. The van der Waals surface area contributed by atoms with Gasteiger partial charge in [-0.1, -0.05) is 0 Å². The maximum Gasteiger partial charge on any atom is 0.256 e. The number of fused-ring (bicyclic) bond motifs is 2. The van der Waals surface area contributed by atoms with E-state index in [9.17, 15) is 14.0 Å². The number of benzene rings is 2. The lowest BCUT2D eigenvalue weighted by atomic mass is 10.1. The molecule has 36 heavy (non-hydrogen) atoms. The van der Waals surface area contributed by atoms with Crippen molar-refractivity contribution in [3.8, 4) is 22.8 Å². The molecule has 5 rings (SSSR count). The van der Waals surface area contributed by atoms with Gasteiger partial charge in [0.1, 0.15) is 19.0 Å². The lowest BCUT2D eigenvalue weighted by Crippen LogP contribution is -2.15. The number of nitrogens with one attached hydrogen (secondary N) is 2. The van der Waals surface area contributed by atoms with E-state index in [2.05, 4.69) is 15.7 Å². The largest absolute Gasteiger partial charge is 0.486 e. The number of aromatic nitrogens is 3. The Morgan fingerprint density at radius 2 is 1.81 bits per heavy atom. The number of halogens is 1. The van der Waals surface area contributed by atoms with Crippen LogP contribution in [0.2, 0.25) is 0 Å². The van der Waals surface area contributed by atoms with Gasteiger partial charge in [0.2, 0.25) is 5.91 Å². The number of nitrogens with zero attached hydrogens (tertiary/aromatic N) is 3. The van der Waals surface area contributed by atoms with E-state index in [1.54, 1.807) is 16.9 Å². The molecule has 0 unspecified atom stereocenters. The zero-order valence-electron chi connectivity index (χ0n) is 20.0. The Hall–Kier alpha value is -4.47. The number of pyridine rings is 1. The van der Waals surface area contributed by atoms with E-state index < -0.39 is 17.6 Å². The number of carbonyl (C=O) groups excluding carboxylic acids is 2. The van der Waals surface area contributed by atoms with E-state index >= 15 is 0 Å². The van der Waals surface area contributed by atoms with Gasteiger partial charge in [-0.3, -0.25) is 9.59 Å². The smallest absolute Gasteiger partial charge is 0.256 e. The van der Waals surface area contributed by atoms with E-state index in [4.69, 9.17) is 14.5 Å².